The van der Waals surface area contributed by atoms with E-state index in [0.717, 1.165) is 0 Å². The van der Waals surface area contributed by atoms with Gasteiger partial charge in [0.05, 0.1) is 30.8 Å². The minimum atomic E-state index is -2.02. The summed E-state index contributed by atoms with van der Waals surface area (Å²) >= 11 is 12.3. The van der Waals surface area contributed by atoms with E-state index in [0.29, 0.717) is 28.0 Å². The second-order valence-electron chi connectivity index (χ2n) is 7.28. The van der Waals surface area contributed by atoms with Crippen molar-refractivity contribution in [2.24, 2.45) is 5.73 Å². The van der Waals surface area contributed by atoms with E-state index >= 15 is 0 Å². The van der Waals surface area contributed by atoms with Crippen molar-refractivity contribution in [2.45, 2.75) is 37.3 Å². The van der Waals surface area contributed by atoms with Crippen LogP contribution in [-0.4, -0.2) is 51.3 Å². The maximum atomic E-state index is 14.2. The van der Waals surface area contributed by atoms with E-state index in [4.69, 9.17) is 56.4 Å². The van der Waals surface area contributed by atoms with Gasteiger partial charge in [0, 0.05) is 11.1 Å². The Hall–Kier alpha value is -2.33. The Morgan fingerprint density at radius 2 is 2.09 bits per heavy atom. The first-order valence-electron chi connectivity index (χ1n) is 10.1. The fraction of sp³-hybridized carbons (Fsp3) is 0.364. The van der Waals surface area contributed by atoms with E-state index in [1.165, 1.54) is 12.0 Å². The number of methoxy groups -OCH3 is 1. The number of nitrogens with one attached hydrogen (secondary N) is 1. The Bertz CT molecular complexity index is 1040. The van der Waals surface area contributed by atoms with Crippen molar-refractivity contribution in [3.8, 4) is 5.75 Å². The third-order valence-corrected chi connectivity index (χ3v) is 5.83. The zero-order chi connectivity index (χ0) is 24.3. The summed E-state index contributed by atoms with van der Waals surface area (Å²) in [6.45, 7) is 1.82. The number of halogens is 3. The minimum Gasteiger partial charge on any atom is -0.495 e. The summed E-state index contributed by atoms with van der Waals surface area (Å²) in [6, 6.07) is 9.94. The summed E-state index contributed by atoms with van der Waals surface area (Å²) in [6.07, 6.45) is -3.78. The molecule has 3 rings (SSSR count). The lowest BCUT2D eigenvalue weighted by molar-refractivity contribution is -0.145. The van der Waals surface area contributed by atoms with E-state index in [1.54, 1.807) is 43.3 Å². The normalized spacial score (nSPS) is 19.9. The molecule has 174 valence electrons. The molecule has 0 fully saturated rings. The molecule has 0 saturated heterocycles. The molecule has 0 aliphatic carbocycles. The number of nitrogens with two attached hydrogens (primary N) is 1. The molecule has 1 heterocycles. The molecule has 2 aromatic rings. The van der Waals surface area contributed by atoms with E-state index in [-0.39, 0.29) is 23.9 Å². The number of hydrogen-bond donors (Lipinski definition) is 2. The number of ether oxygens (including phenoxy) is 3. The van der Waals surface area contributed by atoms with Crippen molar-refractivity contribution >= 4 is 54.0 Å². The van der Waals surface area contributed by atoms with Crippen molar-refractivity contribution in [1.82, 2.24) is 0 Å². The highest BCUT2D eigenvalue weighted by molar-refractivity contribution is 6.33. The van der Waals surface area contributed by atoms with Crippen LogP contribution in [0, 0.1) is 5.41 Å². The van der Waals surface area contributed by atoms with Gasteiger partial charge in [-0.05, 0) is 19.1 Å². The first-order valence-corrected chi connectivity index (χ1v) is 10.9. The third kappa shape index (κ3) is 5.27. The Balaban J connectivity index is 2.23. The maximum Gasteiger partial charge on any atom is 0.308 e. The highest BCUT2D eigenvalue weighted by atomic mass is 35.5. The minimum absolute atomic E-state index is 0.151. The molecule has 0 saturated carbocycles. The number of nitrogens with zero attached hydrogens (tertiary/aromatic N) is 1. The monoisotopic (exact) mass is 493 g/mol. The van der Waals surface area contributed by atoms with Crippen LogP contribution in [0.2, 0.25) is 5.02 Å². The summed E-state index contributed by atoms with van der Waals surface area (Å²) in [5, 5.41) is 9.04. The van der Waals surface area contributed by atoms with Crippen molar-refractivity contribution < 1.29 is 23.4 Å². The standard InChI is InChI=1S/C22H23BCl2FN3O4/c1-3-32-17(30)10-16-21(27)29(22(28)20(25)26)14-8-7-11(23)9-13(14)19(33-16)12-5-4-6-15(31-2)18(12)24/h4-9,16,19-20,22,27H,3,10,28H2,1-2H3/t16-,19-,20?,22?/m1/s1. The van der Waals surface area contributed by atoms with Gasteiger partial charge in [-0.1, -0.05) is 52.9 Å². The van der Waals surface area contributed by atoms with Crippen LogP contribution in [0.4, 0.5) is 10.1 Å². The number of benzene rings is 2. The number of hydrogen-bond acceptors (Lipinski definition) is 6. The Morgan fingerprint density at radius 3 is 2.73 bits per heavy atom. The highest BCUT2D eigenvalue weighted by Gasteiger charge is 2.40. The molecular formula is C22H23BCl2FN3O4. The number of carbonyl (C=O) groups excluding carboxylic acids is 1. The molecule has 2 aromatic carbocycles. The van der Waals surface area contributed by atoms with E-state index in [2.05, 4.69) is 0 Å². The summed E-state index contributed by atoms with van der Waals surface area (Å²) in [7, 11) is 7.53. The number of amidine groups is 1. The molecule has 1 aliphatic rings. The number of esters is 1. The molecule has 0 amide bonds. The molecule has 1 aliphatic heterocycles. The van der Waals surface area contributed by atoms with Gasteiger partial charge >= 0.3 is 5.97 Å². The van der Waals surface area contributed by atoms with E-state index in [9.17, 15) is 9.18 Å². The fourth-order valence-corrected chi connectivity index (χ4v) is 4.08. The van der Waals surface area contributed by atoms with Crippen molar-refractivity contribution in [3.63, 3.8) is 0 Å². The van der Waals surface area contributed by atoms with Gasteiger partial charge in [0.25, 0.3) is 0 Å². The fourth-order valence-electron chi connectivity index (χ4n) is 3.67. The van der Waals surface area contributed by atoms with E-state index < -0.39 is 30.0 Å². The quantitative estimate of drug-likeness (QED) is 0.349. The molecule has 2 unspecified atom stereocenters. The summed E-state index contributed by atoms with van der Waals surface area (Å²) in [5.41, 5.74) is 5.74. The lowest BCUT2D eigenvalue weighted by Gasteiger charge is -2.32. The Kier molecular flexibility index (Phi) is 8.23. The largest absolute Gasteiger partial charge is 0.495 e. The van der Waals surface area contributed by atoms with Crippen molar-refractivity contribution in [3.05, 3.63) is 52.5 Å². The van der Waals surface area contributed by atoms with Gasteiger partial charge in [0.15, 0.2) is 0 Å². The summed E-state index contributed by atoms with van der Waals surface area (Å²) < 4.78 is 30.8. The zero-order valence-electron chi connectivity index (χ0n) is 18.1. The van der Waals surface area contributed by atoms with Crippen LogP contribution in [0.3, 0.4) is 0 Å². The highest BCUT2D eigenvalue weighted by Crippen LogP contribution is 2.43. The lowest BCUT2D eigenvalue weighted by Crippen LogP contribution is -2.53. The molecular weight excluding hydrogens is 471 g/mol. The molecule has 33 heavy (non-hydrogen) atoms. The molecule has 2 radical (unpaired) electrons. The average molecular weight is 494 g/mol. The van der Waals surface area contributed by atoms with Crippen LogP contribution < -0.4 is 20.8 Å². The molecule has 0 aromatic heterocycles. The number of alkyl halides is 2. The SMILES string of the molecule is [B]c1ccc2c(c1)[C@@H](c1cccc(OC)c1Cl)O[C@H](CC(=O)OCC)C(=N)N2C(N)C(F)Cl. The smallest absolute Gasteiger partial charge is 0.308 e. The second kappa shape index (κ2) is 10.7. The Labute approximate surface area is 202 Å². The van der Waals surface area contributed by atoms with Gasteiger partial charge < -0.3 is 24.8 Å². The van der Waals surface area contributed by atoms with Crippen LogP contribution in [-0.2, 0) is 14.3 Å². The first kappa shape index (κ1) is 25.3. The van der Waals surface area contributed by atoms with Crippen LogP contribution in [0.5, 0.6) is 5.75 Å². The van der Waals surface area contributed by atoms with Gasteiger partial charge in [0.2, 0.25) is 5.63 Å². The summed E-state index contributed by atoms with van der Waals surface area (Å²) in [4.78, 5) is 13.5. The topological polar surface area (TPSA) is 97.9 Å². The van der Waals surface area contributed by atoms with Crippen molar-refractivity contribution in [2.75, 3.05) is 18.6 Å². The molecule has 3 N–H and O–H groups in total. The number of fused-ring (bicyclic) bond motifs is 1. The molecule has 0 bridgehead atoms. The van der Waals surface area contributed by atoms with Gasteiger partial charge in [-0.2, -0.15) is 0 Å². The zero-order valence-corrected chi connectivity index (χ0v) is 19.6. The predicted molar refractivity (Wildman–Crippen MR) is 127 cm³/mol. The second-order valence-corrected chi connectivity index (χ2v) is 8.07. The molecule has 7 nitrogen and oxygen atoms in total. The third-order valence-electron chi connectivity index (χ3n) is 5.17. The van der Waals surface area contributed by atoms with Crippen LogP contribution in [0.15, 0.2) is 36.4 Å². The van der Waals surface area contributed by atoms with Gasteiger partial charge in [-0.15, -0.1) is 0 Å². The van der Waals surface area contributed by atoms with Crippen molar-refractivity contribution in [1.29, 1.82) is 5.41 Å². The van der Waals surface area contributed by atoms with E-state index in [1.807, 2.05) is 0 Å². The van der Waals surface area contributed by atoms with Crippen LogP contribution in [0.25, 0.3) is 0 Å². The molecule has 0 spiro atoms. The van der Waals surface area contributed by atoms with Gasteiger partial charge in [-0.25, -0.2) is 4.39 Å². The number of carbonyl (C=O) groups is 1. The van der Waals surface area contributed by atoms with Crippen LogP contribution in [0.1, 0.15) is 30.6 Å². The maximum absolute atomic E-state index is 14.2. The molecule has 11 heteroatoms. The number of anilines is 1. The first-order chi connectivity index (χ1) is 15.7. The van der Waals surface area contributed by atoms with Crippen LogP contribution >= 0.6 is 23.2 Å². The van der Waals surface area contributed by atoms with Gasteiger partial charge in [0.1, 0.15) is 37.8 Å². The Morgan fingerprint density at radius 1 is 1.36 bits per heavy atom. The lowest BCUT2D eigenvalue weighted by atomic mass is 9.89. The number of rotatable bonds is 7. The average Bonchev–Trinajstić information content (AvgIpc) is 2.88. The predicted octanol–water partition coefficient (Wildman–Crippen LogP) is 3.19. The molecule has 4 atom stereocenters. The summed E-state index contributed by atoms with van der Waals surface area (Å²) in [5.74, 6) is -0.446. The van der Waals surface area contributed by atoms with Gasteiger partial charge in [-0.3, -0.25) is 10.2 Å².